The lowest BCUT2D eigenvalue weighted by Crippen LogP contribution is -2.16. The highest BCUT2D eigenvalue weighted by Gasteiger charge is 2.10. The maximum atomic E-state index is 5.42. The molecule has 124 valence electrons. The number of nitrogens with one attached hydrogen (secondary N) is 2. The molecule has 0 atom stereocenters. The summed E-state index contributed by atoms with van der Waals surface area (Å²) in [6, 6.07) is 9.42. The second kappa shape index (κ2) is 7.14. The summed E-state index contributed by atoms with van der Waals surface area (Å²) in [4.78, 5) is 4.02. The number of pyridine rings is 1. The van der Waals surface area contributed by atoms with Crippen LogP contribution in [-0.4, -0.2) is 34.1 Å². The first-order valence-corrected chi connectivity index (χ1v) is 7.66. The lowest BCUT2D eigenvalue weighted by atomic mass is 10.2. The molecule has 0 bridgehead atoms. The van der Waals surface area contributed by atoms with Crippen molar-refractivity contribution >= 4 is 12.2 Å². The fraction of sp³-hybridized carbons (Fsp3) is 0.188. The third-order valence-corrected chi connectivity index (χ3v) is 3.81. The van der Waals surface area contributed by atoms with E-state index < -0.39 is 0 Å². The van der Waals surface area contributed by atoms with E-state index in [0.29, 0.717) is 17.1 Å². The van der Waals surface area contributed by atoms with Crippen molar-refractivity contribution in [2.45, 2.75) is 6.54 Å². The minimum Gasteiger partial charge on any atom is -0.497 e. The summed E-state index contributed by atoms with van der Waals surface area (Å²) in [5, 5.41) is 7.07. The molecule has 0 aliphatic heterocycles. The van der Waals surface area contributed by atoms with Gasteiger partial charge < -0.3 is 14.9 Å². The molecule has 0 spiro atoms. The van der Waals surface area contributed by atoms with Crippen LogP contribution in [0.15, 0.2) is 42.7 Å². The molecule has 3 aromatic rings. The van der Waals surface area contributed by atoms with Gasteiger partial charge in [0.25, 0.3) is 0 Å². The van der Waals surface area contributed by atoms with Crippen LogP contribution in [0.4, 0.5) is 0 Å². The molecule has 0 saturated heterocycles. The number of benzene rings is 1. The number of hydrogen-bond acceptors (Lipinski definition) is 6. The Morgan fingerprint density at radius 1 is 1.17 bits per heavy atom. The van der Waals surface area contributed by atoms with Crippen LogP contribution in [0.3, 0.4) is 0 Å². The molecule has 7 nitrogen and oxygen atoms in total. The standard InChI is InChI=1S/C16H17N5O2S/c1-22-13-4-3-12(14(9-13)23-2)10-18-21-15(19-20-16(21)24)11-5-7-17-8-6-11/h3-9,18H,10H2,1-2H3,(H,20,24). The molecule has 0 aliphatic carbocycles. The van der Waals surface area contributed by atoms with Gasteiger partial charge in [-0.25, -0.2) is 9.77 Å². The fourth-order valence-electron chi connectivity index (χ4n) is 2.30. The summed E-state index contributed by atoms with van der Waals surface area (Å²) in [7, 11) is 3.25. The van der Waals surface area contributed by atoms with Crippen LogP contribution in [0, 0.1) is 4.77 Å². The second-order valence-corrected chi connectivity index (χ2v) is 5.32. The average Bonchev–Trinajstić information content (AvgIpc) is 3.01. The summed E-state index contributed by atoms with van der Waals surface area (Å²) in [6.07, 6.45) is 3.42. The summed E-state index contributed by atoms with van der Waals surface area (Å²) >= 11 is 5.30. The van der Waals surface area contributed by atoms with Crippen LogP contribution < -0.4 is 14.9 Å². The first kappa shape index (κ1) is 16.0. The van der Waals surface area contributed by atoms with Gasteiger partial charge in [0.05, 0.1) is 20.8 Å². The highest BCUT2D eigenvalue weighted by Crippen LogP contribution is 2.25. The van der Waals surface area contributed by atoms with Crippen LogP contribution in [0.5, 0.6) is 11.5 Å². The monoisotopic (exact) mass is 343 g/mol. The Balaban J connectivity index is 1.86. The molecule has 2 heterocycles. The van der Waals surface area contributed by atoms with Crippen molar-refractivity contribution < 1.29 is 9.47 Å². The predicted molar refractivity (Wildman–Crippen MR) is 93.3 cm³/mol. The molecule has 0 unspecified atom stereocenters. The number of hydrogen-bond donors (Lipinski definition) is 2. The average molecular weight is 343 g/mol. The van der Waals surface area contributed by atoms with Crippen molar-refractivity contribution in [2.24, 2.45) is 0 Å². The Hall–Kier alpha value is -2.87. The van der Waals surface area contributed by atoms with Gasteiger partial charge in [0.2, 0.25) is 4.77 Å². The summed E-state index contributed by atoms with van der Waals surface area (Å²) < 4.78 is 12.8. The smallest absolute Gasteiger partial charge is 0.214 e. The maximum absolute atomic E-state index is 5.42. The SMILES string of the molecule is COc1ccc(CNn2c(-c3ccncc3)n[nH]c2=S)c(OC)c1. The van der Waals surface area contributed by atoms with Crippen molar-refractivity contribution in [3.8, 4) is 22.9 Å². The van der Waals surface area contributed by atoms with Gasteiger partial charge in [-0.1, -0.05) is 0 Å². The van der Waals surface area contributed by atoms with Gasteiger partial charge in [-0.15, -0.1) is 0 Å². The van der Waals surface area contributed by atoms with E-state index in [1.807, 2.05) is 30.3 Å². The molecule has 24 heavy (non-hydrogen) atoms. The lowest BCUT2D eigenvalue weighted by Gasteiger charge is -2.13. The largest absolute Gasteiger partial charge is 0.497 e. The van der Waals surface area contributed by atoms with E-state index in [0.717, 1.165) is 22.6 Å². The van der Waals surface area contributed by atoms with Gasteiger partial charge in [0, 0.05) is 29.6 Å². The van der Waals surface area contributed by atoms with Crippen LogP contribution >= 0.6 is 12.2 Å². The minimum atomic E-state index is 0.481. The number of rotatable bonds is 6. The molecule has 1 aromatic carbocycles. The molecule has 8 heteroatoms. The van der Waals surface area contributed by atoms with E-state index in [4.69, 9.17) is 21.7 Å². The third-order valence-electron chi connectivity index (χ3n) is 3.53. The molecule has 0 saturated carbocycles. The predicted octanol–water partition coefficient (Wildman–Crippen LogP) is 2.76. The summed E-state index contributed by atoms with van der Waals surface area (Å²) in [5.74, 6) is 2.17. The molecule has 0 fully saturated rings. The van der Waals surface area contributed by atoms with Crippen molar-refractivity contribution in [1.82, 2.24) is 19.9 Å². The zero-order valence-electron chi connectivity index (χ0n) is 13.3. The maximum Gasteiger partial charge on any atom is 0.214 e. The Labute approximate surface area is 144 Å². The highest BCUT2D eigenvalue weighted by atomic mass is 32.1. The minimum absolute atomic E-state index is 0.481. The van der Waals surface area contributed by atoms with Crippen LogP contribution in [0.25, 0.3) is 11.4 Å². The number of methoxy groups -OCH3 is 2. The molecule has 0 amide bonds. The first-order chi connectivity index (χ1) is 11.7. The van der Waals surface area contributed by atoms with E-state index in [9.17, 15) is 0 Å². The fourth-order valence-corrected chi connectivity index (χ4v) is 2.50. The molecule has 3 rings (SSSR count). The quantitative estimate of drug-likeness (QED) is 0.670. The summed E-state index contributed by atoms with van der Waals surface area (Å²) in [5.41, 5.74) is 5.15. The molecule has 0 aliphatic rings. The van der Waals surface area contributed by atoms with Gasteiger partial charge in [-0.3, -0.25) is 4.98 Å². The molecular formula is C16H17N5O2S. The molecule has 2 N–H and O–H groups in total. The van der Waals surface area contributed by atoms with Crippen LogP contribution in [0.1, 0.15) is 5.56 Å². The zero-order chi connectivity index (χ0) is 16.9. The Bertz CT molecular complexity index is 876. The van der Waals surface area contributed by atoms with Crippen LogP contribution in [-0.2, 0) is 6.54 Å². The molecular weight excluding hydrogens is 326 g/mol. The molecule has 0 radical (unpaired) electrons. The van der Waals surface area contributed by atoms with Crippen molar-refractivity contribution in [2.75, 3.05) is 19.6 Å². The van der Waals surface area contributed by atoms with Crippen molar-refractivity contribution in [1.29, 1.82) is 0 Å². The number of H-pyrrole nitrogens is 1. The highest BCUT2D eigenvalue weighted by molar-refractivity contribution is 7.71. The van der Waals surface area contributed by atoms with Gasteiger partial charge >= 0.3 is 0 Å². The van der Waals surface area contributed by atoms with Crippen molar-refractivity contribution in [3.05, 3.63) is 53.1 Å². The Kier molecular flexibility index (Phi) is 4.76. The van der Waals surface area contributed by atoms with Gasteiger partial charge in [0.15, 0.2) is 5.82 Å². The van der Waals surface area contributed by atoms with Gasteiger partial charge in [-0.05, 0) is 36.5 Å². The Morgan fingerprint density at radius 2 is 1.96 bits per heavy atom. The number of aromatic nitrogens is 4. The third kappa shape index (κ3) is 3.23. The first-order valence-electron chi connectivity index (χ1n) is 7.25. The van der Waals surface area contributed by atoms with Crippen LogP contribution in [0.2, 0.25) is 0 Å². The van der Waals surface area contributed by atoms with Crippen molar-refractivity contribution in [3.63, 3.8) is 0 Å². The van der Waals surface area contributed by atoms with E-state index in [1.165, 1.54) is 0 Å². The van der Waals surface area contributed by atoms with E-state index in [2.05, 4.69) is 20.6 Å². The number of nitrogens with zero attached hydrogens (tertiary/aromatic N) is 3. The summed E-state index contributed by atoms with van der Waals surface area (Å²) in [6.45, 7) is 0.513. The van der Waals surface area contributed by atoms with Gasteiger partial charge in [-0.2, -0.15) is 5.10 Å². The van der Waals surface area contributed by atoms with Gasteiger partial charge in [0.1, 0.15) is 11.5 Å². The topological polar surface area (TPSA) is 77.0 Å². The molecule has 2 aromatic heterocycles. The number of aromatic amines is 1. The zero-order valence-corrected chi connectivity index (χ0v) is 14.1. The lowest BCUT2D eigenvalue weighted by molar-refractivity contribution is 0.391. The number of ether oxygens (including phenoxy) is 2. The Morgan fingerprint density at radius 3 is 2.67 bits per heavy atom. The van der Waals surface area contributed by atoms with E-state index in [1.54, 1.807) is 31.3 Å². The second-order valence-electron chi connectivity index (χ2n) is 4.94. The normalized spacial score (nSPS) is 10.4. The van der Waals surface area contributed by atoms with E-state index in [-0.39, 0.29) is 0 Å². The van der Waals surface area contributed by atoms with E-state index >= 15 is 0 Å².